The lowest BCUT2D eigenvalue weighted by atomic mass is 10.0. The standard InChI is InChI=1S/C16H23NO5/c1-11-5-7-12(8-6-11)9-21-10-16(17,13(18)19)14(20)22-15(2,3)4/h5-8H,9-10,17H2,1-4H3,(H,18,19). The van der Waals surface area contributed by atoms with Crippen LogP contribution in [0.25, 0.3) is 0 Å². The third kappa shape index (κ3) is 5.13. The smallest absolute Gasteiger partial charge is 0.340 e. The fourth-order valence-corrected chi connectivity index (χ4v) is 1.59. The van der Waals surface area contributed by atoms with Crippen LogP contribution in [0, 0.1) is 6.92 Å². The highest BCUT2D eigenvalue weighted by molar-refractivity contribution is 6.04. The molecule has 0 heterocycles. The molecule has 6 nitrogen and oxygen atoms in total. The summed E-state index contributed by atoms with van der Waals surface area (Å²) in [7, 11) is 0. The van der Waals surface area contributed by atoms with Crippen LogP contribution in [-0.2, 0) is 25.7 Å². The maximum Gasteiger partial charge on any atom is 0.340 e. The number of aryl methyl sites for hydroxylation is 1. The van der Waals surface area contributed by atoms with E-state index in [2.05, 4.69) is 0 Å². The predicted molar refractivity (Wildman–Crippen MR) is 81.2 cm³/mol. The lowest BCUT2D eigenvalue weighted by molar-refractivity contribution is -0.172. The molecule has 1 atom stereocenters. The molecule has 0 fully saturated rings. The summed E-state index contributed by atoms with van der Waals surface area (Å²) in [6.45, 7) is 6.57. The Labute approximate surface area is 130 Å². The molecule has 122 valence electrons. The van der Waals surface area contributed by atoms with Gasteiger partial charge in [-0.05, 0) is 33.3 Å². The zero-order valence-electron chi connectivity index (χ0n) is 13.4. The second-order valence-electron chi connectivity index (χ2n) is 6.26. The summed E-state index contributed by atoms with van der Waals surface area (Å²) in [5.74, 6) is -2.50. The van der Waals surface area contributed by atoms with Crippen molar-refractivity contribution in [3.63, 3.8) is 0 Å². The van der Waals surface area contributed by atoms with Crippen molar-refractivity contribution in [1.82, 2.24) is 0 Å². The van der Waals surface area contributed by atoms with Crippen LogP contribution in [0.4, 0.5) is 0 Å². The normalized spacial score (nSPS) is 14.2. The minimum Gasteiger partial charge on any atom is -0.479 e. The Kier molecular flexibility index (Phi) is 5.68. The number of hydrogen-bond donors (Lipinski definition) is 2. The first-order valence-corrected chi connectivity index (χ1v) is 6.93. The number of carboxylic acid groups (broad SMARTS) is 1. The topological polar surface area (TPSA) is 98.9 Å². The molecule has 0 aliphatic carbocycles. The van der Waals surface area contributed by atoms with Crippen LogP contribution in [0.3, 0.4) is 0 Å². The van der Waals surface area contributed by atoms with Gasteiger partial charge in [0.15, 0.2) is 0 Å². The largest absolute Gasteiger partial charge is 0.479 e. The Hall–Kier alpha value is -1.92. The average molecular weight is 309 g/mol. The molecule has 0 aliphatic rings. The van der Waals surface area contributed by atoms with E-state index in [1.165, 1.54) is 0 Å². The van der Waals surface area contributed by atoms with Crippen LogP contribution < -0.4 is 5.73 Å². The van der Waals surface area contributed by atoms with Gasteiger partial charge < -0.3 is 20.3 Å². The van der Waals surface area contributed by atoms with E-state index in [1.54, 1.807) is 20.8 Å². The molecule has 0 saturated heterocycles. The molecule has 0 saturated carbocycles. The highest BCUT2D eigenvalue weighted by Crippen LogP contribution is 2.15. The van der Waals surface area contributed by atoms with E-state index in [1.807, 2.05) is 31.2 Å². The van der Waals surface area contributed by atoms with Gasteiger partial charge in [0.25, 0.3) is 0 Å². The number of esters is 1. The summed E-state index contributed by atoms with van der Waals surface area (Å²) in [6, 6.07) is 7.56. The monoisotopic (exact) mass is 309 g/mol. The van der Waals surface area contributed by atoms with Crippen LogP contribution in [0.1, 0.15) is 31.9 Å². The van der Waals surface area contributed by atoms with Gasteiger partial charge in [0.05, 0.1) is 13.2 Å². The second-order valence-corrected chi connectivity index (χ2v) is 6.26. The number of carboxylic acids is 1. The number of carbonyl (C=O) groups excluding carboxylic acids is 1. The molecular weight excluding hydrogens is 286 g/mol. The molecule has 0 bridgehead atoms. The zero-order valence-corrected chi connectivity index (χ0v) is 13.4. The Bertz CT molecular complexity index is 532. The highest BCUT2D eigenvalue weighted by Gasteiger charge is 2.46. The summed E-state index contributed by atoms with van der Waals surface area (Å²) in [5.41, 5.74) is 4.60. The zero-order chi connectivity index (χ0) is 17.0. The molecule has 1 rings (SSSR count). The first-order chi connectivity index (χ1) is 10.0. The SMILES string of the molecule is Cc1ccc(COCC(N)(C(=O)O)C(=O)OC(C)(C)C)cc1. The molecule has 1 aromatic carbocycles. The van der Waals surface area contributed by atoms with Crippen molar-refractivity contribution in [2.75, 3.05) is 6.61 Å². The minimum absolute atomic E-state index is 0.162. The van der Waals surface area contributed by atoms with Crippen molar-refractivity contribution in [2.24, 2.45) is 5.73 Å². The molecule has 22 heavy (non-hydrogen) atoms. The van der Waals surface area contributed by atoms with Gasteiger partial charge in [-0.1, -0.05) is 29.8 Å². The lowest BCUT2D eigenvalue weighted by Crippen LogP contribution is -2.60. The van der Waals surface area contributed by atoms with Crippen molar-refractivity contribution < 1.29 is 24.2 Å². The quantitative estimate of drug-likeness (QED) is 0.612. The summed E-state index contributed by atoms with van der Waals surface area (Å²) >= 11 is 0. The van der Waals surface area contributed by atoms with Crippen LogP contribution in [0.5, 0.6) is 0 Å². The van der Waals surface area contributed by atoms with Crippen LogP contribution in [0.2, 0.25) is 0 Å². The van der Waals surface area contributed by atoms with E-state index < -0.39 is 29.7 Å². The Morgan fingerprint density at radius 3 is 2.18 bits per heavy atom. The fraction of sp³-hybridized carbons (Fsp3) is 0.500. The van der Waals surface area contributed by atoms with Gasteiger partial charge >= 0.3 is 11.9 Å². The molecule has 3 N–H and O–H groups in total. The van der Waals surface area contributed by atoms with E-state index >= 15 is 0 Å². The van der Waals surface area contributed by atoms with Gasteiger partial charge in [-0.3, -0.25) is 0 Å². The van der Waals surface area contributed by atoms with Crippen molar-refractivity contribution in [2.45, 2.75) is 45.4 Å². The summed E-state index contributed by atoms with van der Waals surface area (Å²) in [6.07, 6.45) is 0. The molecule has 0 spiro atoms. The fourth-order valence-electron chi connectivity index (χ4n) is 1.59. The minimum atomic E-state index is -2.22. The maximum absolute atomic E-state index is 12.0. The molecule has 0 amide bonds. The maximum atomic E-state index is 12.0. The lowest BCUT2D eigenvalue weighted by Gasteiger charge is -2.27. The van der Waals surface area contributed by atoms with E-state index in [9.17, 15) is 14.7 Å². The molecule has 1 unspecified atom stereocenters. The molecule has 6 heteroatoms. The number of rotatable bonds is 6. The van der Waals surface area contributed by atoms with Crippen LogP contribution >= 0.6 is 0 Å². The highest BCUT2D eigenvalue weighted by atomic mass is 16.6. The van der Waals surface area contributed by atoms with Crippen molar-refractivity contribution in [3.05, 3.63) is 35.4 Å². The molecular formula is C16H23NO5. The number of ether oxygens (including phenoxy) is 2. The number of aliphatic carboxylic acids is 1. The Balaban J connectivity index is 2.69. The third-order valence-corrected chi connectivity index (χ3v) is 2.86. The molecule has 0 aromatic heterocycles. The van der Waals surface area contributed by atoms with E-state index in [0.29, 0.717) is 0 Å². The molecule has 0 radical (unpaired) electrons. The van der Waals surface area contributed by atoms with Gasteiger partial charge in [-0.2, -0.15) is 0 Å². The first-order valence-electron chi connectivity index (χ1n) is 6.93. The van der Waals surface area contributed by atoms with Gasteiger partial charge in [-0.25, -0.2) is 9.59 Å². The second kappa shape index (κ2) is 6.89. The Morgan fingerprint density at radius 2 is 1.73 bits per heavy atom. The van der Waals surface area contributed by atoms with E-state index in [4.69, 9.17) is 15.2 Å². The third-order valence-electron chi connectivity index (χ3n) is 2.86. The summed E-state index contributed by atoms with van der Waals surface area (Å²) in [5, 5.41) is 9.23. The van der Waals surface area contributed by atoms with E-state index in [-0.39, 0.29) is 6.61 Å². The van der Waals surface area contributed by atoms with Gasteiger partial charge in [0.2, 0.25) is 5.54 Å². The Morgan fingerprint density at radius 1 is 1.18 bits per heavy atom. The summed E-state index contributed by atoms with van der Waals surface area (Å²) < 4.78 is 10.4. The molecule has 1 aromatic rings. The van der Waals surface area contributed by atoms with Gasteiger partial charge in [0.1, 0.15) is 5.60 Å². The van der Waals surface area contributed by atoms with Gasteiger partial charge in [0, 0.05) is 0 Å². The van der Waals surface area contributed by atoms with Gasteiger partial charge in [-0.15, -0.1) is 0 Å². The average Bonchev–Trinajstić information content (AvgIpc) is 2.38. The van der Waals surface area contributed by atoms with Crippen LogP contribution in [0.15, 0.2) is 24.3 Å². The number of hydrogen-bond acceptors (Lipinski definition) is 5. The predicted octanol–water partition coefficient (Wildman–Crippen LogP) is 1.64. The first kappa shape index (κ1) is 18.1. The van der Waals surface area contributed by atoms with Crippen LogP contribution in [-0.4, -0.2) is 34.8 Å². The van der Waals surface area contributed by atoms with Crippen molar-refractivity contribution in [1.29, 1.82) is 0 Å². The number of carbonyl (C=O) groups is 2. The number of nitrogens with two attached hydrogens (primary N) is 1. The number of benzene rings is 1. The van der Waals surface area contributed by atoms with Crippen molar-refractivity contribution in [3.8, 4) is 0 Å². The van der Waals surface area contributed by atoms with Crippen molar-refractivity contribution >= 4 is 11.9 Å². The van der Waals surface area contributed by atoms with E-state index in [0.717, 1.165) is 11.1 Å². The summed E-state index contributed by atoms with van der Waals surface area (Å²) in [4.78, 5) is 23.3. The molecule has 0 aliphatic heterocycles.